The lowest BCUT2D eigenvalue weighted by atomic mass is 10.3. The van der Waals surface area contributed by atoms with E-state index < -0.39 is 0 Å². The number of nitrogens with zero attached hydrogens (tertiary/aromatic N) is 3. The fraction of sp³-hybridized carbons (Fsp3) is 0.200. The summed E-state index contributed by atoms with van der Waals surface area (Å²) in [7, 11) is 0. The second-order valence-electron chi connectivity index (χ2n) is 4.64. The molecule has 20 heavy (non-hydrogen) atoms. The van der Waals surface area contributed by atoms with Gasteiger partial charge in [-0.15, -0.1) is 11.6 Å². The van der Waals surface area contributed by atoms with Crippen molar-refractivity contribution in [3.8, 4) is 5.69 Å². The number of aromatic nitrogens is 3. The fourth-order valence-corrected chi connectivity index (χ4v) is 2.60. The minimum absolute atomic E-state index is 0.517. The molecule has 0 spiro atoms. The number of fused-ring (bicyclic) bond motifs is 1. The van der Waals surface area contributed by atoms with Crippen molar-refractivity contribution in [1.29, 1.82) is 0 Å². The minimum Gasteiger partial charge on any atom is -0.281 e. The van der Waals surface area contributed by atoms with Gasteiger partial charge in [0.25, 0.3) is 0 Å². The first-order valence-electron chi connectivity index (χ1n) is 6.35. The van der Waals surface area contributed by atoms with Crippen LogP contribution < -0.4 is 0 Å². The molecule has 0 bridgehead atoms. The van der Waals surface area contributed by atoms with Crippen LogP contribution in [0.5, 0.6) is 0 Å². The lowest BCUT2D eigenvalue weighted by molar-refractivity contribution is 0.905. The molecule has 5 heteroatoms. The summed E-state index contributed by atoms with van der Waals surface area (Å²) < 4.78 is 2.02. The normalized spacial score (nSPS) is 11.2. The van der Waals surface area contributed by atoms with E-state index in [1.807, 2.05) is 48.0 Å². The van der Waals surface area contributed by atoms with E-state index in [1.165, 1.54) is 0 Å². The molecule has 0 fully saturated rings. The Hall–Kier alpha value is -1.58. The van der Waals surface area contributed by atoms with Gasteiger partial charge >= 0.3 is 0 Å². The summed E-state index contributed by atoms with van der Waals surface area (Å²) in [6.45, 7) is 2.01. The summed E-state index contributed by atoms with van der Waals surface area (Å²) in [6.07, 6.45) is 2.53. The molecular weight excluding hydrogens is 293 g/mol. The number of hydrogen-bond donors (Lipinski definition) is 0. The lowest BCUT2D eigenvalue weighted by Crippen LogP contribution is -2.02. The molecule has 0 atom stereocenters. The molecule has 0 aliphatic carbocycles. The van der Waals surface area contributed by atoms with Crippen molar-refractivity contribution in [3.05, 3.63) is 52.9 Å². The van der Waals surface area contributed by atoms with Crippen LogP contribution in [-0.2, 0) is 6.42 Å². The zero-order valence-corrected chi connectivity index (χ0v) is 12.5. The first-order valence-corrected chi connectivity index (χ1v) is 7.26. The van der Waals surface area contributed by atoms with Crippen molar-refractivity contribution in [3.63, 3.8) is 0 Å². The summed E-state index contributed by atoms with van der Waals surface area (Å²) in [5.41, 5.74) is 3.75. The molecule has 2 heterocycles. The number of halogens is 2. The zero-order valence-electron chi connectivity index (χ0n) is 11.0. The van der Waals surface area contributed by atoms with E-state index in [0.29, 0.717) is 17.3 Å². The van der Waals surface area contributed by atoms with Crippen molar-refractivity contribution >= 4 is 34.4 Å². The molecule has 0 amide bonds. The molecule has 0 radical (unpaired) electrons. The van der Waals surface area contributed by atoms with E-state index in [9.17, 15) is 0 Å². The number of pyridine rings is 1. The summed E-state index contributed by atoms with van der Waals surface area (Å²) >= 11 is 12.0. The predicted molar refractivity (Wildman–Crippen MR) is 83.0 cm³/mol. The number of aryl methyl sites for hydroxylation is 2. The van der Waals surface area contributed by atoms with Crippen LogP contribution in [-0.4, -0.2) is 20.4 Å². The molecule has 1 aromatic carbocycles. The minimum atomic E-state index is 0.517. The third kappa shape index (κ3) is 2.39. The van der Waals surface area contributed by atoms with Gasteiger partial charge in [-0.2, -0.15) is 0 Å². The molecule has 3 nitrogen and oxygen atoms in total. The summed E-state index contributed by atoms with van der Waals surface area (Å²) in [5, 5.41) is 0.688. The highest BCUT2D eigenvalue weighted by atomic mass is 35.5. The first-order chi connectivity index (χ1) is 9.69. The number of benzene rings is 1. The van der Waals surface area contributed by atoms with E-state index in [1.54, 1.807) is 0 Å². The second-order valence-corrected chi connectivity index (χ2v) is 5.45. The smallest absolute Gasteiger partial charge is 0.164 e. The quantitative estimate of drug-likeness (QED) is 0.680. The maximum absolute atomic E-state index is 6.09. The topological polar surface area (TPSA) is 30.7 Å². The van der Waals surface area contributed by atoms with E-state index >= 15 is 0 Å². The van der Waals surface area contributed by atoms with Crippen LogP contribution in [0.15, 0.2) is 36.5 Å². The van der Waals surface area contributed by atoms with Crippen molar-refractivity contribution in [2.75, 3.05) is 5.88 Å². The first kappa shape index (κ1) is 13.4. The molecule has 0 N–H and O–H groups in total. The molecule has 3 aromatic rings. The Bertz CT molecular complexity index is 765. The monoisotopic (exact) mass is 305 g/mol. The Labute approximate surface area is 127 Å². The van der Waals surface area contributed by atoms with Gasteiger partial charge in [0.1, 0.15) is 11.3 Å². The van der Waals surface area contributed by atoms with Crippen LogP contribution in [0.25, 0.3) is 16.9 Å². The summed E-state index contributed by atoms with van der Waals surface area (Å²) in [5.74, 6) is 1.42. The van der Waals surface area contributed by atoms with Crippen LogP contribution in [0.4, 0.5) is 0 Å². The number of rotatable bonds is 3. The molecule has 102 valence electrons. The molecule has 0 saturated carbocycles. The molecule has 0 unspecified atom stereocenters. The molecule has 0 aliphatic rings. The largest absolute Gasteiger partial charge is 0.281 e. The van der Waals surface area contributed by atoms with Gasteiger partial charge in [-0.3, -0.25) is 4.57 Å². The standard InChI is InChI=1S/C15H13Cl2N3/c1-10-7-13-15(18-9-10)20(14(19-13)5-6-16)12-4-2-3-11(17)8-12/h2-4,7-9H,5-6H2,1H3. The third-order valence-corrected chi connectivity index (χ3v) is 3.51. The van der Waals surface area contributed by atoms with Crippen LogP contribution in [0.1, 0.15) is 11.4 Å². The Morgan fingerprint density at radius 3 is 2.85 bits per heavy atom. The van der Waals surface area contributed by atoms with Gasteiger partial charge in [-0.1, -0.05) is 17.7 Å². The Kier molecular flexibility index (Phi) is 3.64. The van der Waals surface area contributed by atoms with Gasteiger partial charge in [0.05, 0.1) is 5.69 Å². The lowest BCUT2D eigenvalue weighted by Gasteiger charge is -2.08. The average molecular weight is 306 g/mol. The van der Waals surface area contributed by atoms with Crippen molar-refractivity contribution in [1.82, 2.24) is 14.5 Å². The molecule has 0 aliphatic heterocycles. The van der Waals surface area contributed by atoms with Crippen LogP contribution in [0.2, 0.25) is 5.02 Å². The number of alkyl halides is 1. The van der Waals surface area contributed by atoms with E-state index in [0.717, 1.165) is 28.2 Å². The van der Waals surface area contributed by atoms with Gasteiger partial charge < -0.3 is 0 Å². The van der Waals surface area contributed by atoms with Gasteiger partial charge in [-0.05, 0) is 36.8 Å². The van der Waals surface area contributed by atoms with Crippen molar-refractivity contribution in [2.24, 2.45) is 0 Å². The SMILES string of the molecule is Cc1cnc2c(c1)nc(CCCl)n2-c1cccc(Cl)c1. The Balaban J connectivity index is 2.28. The third-order valence-electron chi connectivity index (χ3n) is 3.09. The average Bonchev–Trinajstić information content (AvgIpc) is 2.76. The van der Waals surface area contributed by atoms with Crippen molar-refractivity contribution < 1.29 is 0 Å². The van der Waals surface area contributed by atoms with Crippen molar-refractivity contribution in [2.45, 2.75) is 13.3 Å². The maximum Gasteiger partial charge on any atom is 0.164 e. The highest BCUT2D eigenvalue weighted by Crippen LogP contribution is 2.23. The molecular formula is C15H13Cl2N3. The van der Waals surface area contributed by atoms with Gasteiger partial charge in [0.15, 0.2) is 5.65 Å². The number of imidazole rings is 1. The van der Waals surface area contributed by atoms with Crippen LogP contribution in [0, 0.1) is 6.92 Å². The van der Waals surface area contributed by atoms with E-state index in [-0.39, 0.29) is 0 Å². The van der Waals surface area contributed by atoms with Gasteiger partial charge in [0, 0.05) is 23.5 Å². The maximum atomic E-state index is 6.09. The van der Waals surface area contributed by atoms with E-state index in [4.69, 9.17) is 23.2 Å². The molecule has 0 saturated heterocycles. The predicted octanol–water partition coefficient (Wildman–Crippen LogP) is 4.16. The van der Waals surface area contributed by atoms with E-state index in [2.05, 4.69) is 9.97 Å². The Morgan fingerprint density at radius 2 is 2.10 bits per heavy atom. The Morgan fingerprint density at radius 1 is 1.25 bits per heavy atom. The highest BCUT2D eigenvalue weighted by Gasteiger charge is 2.13. The summed E-state index contributed by atoms with van der Waals surface area (Å²) in [4.78, 5) is 9.15. The van der Waals surface area contributed by atoms with Gasteiger partial charge in [-0.25, -0.2) is 9.97 Å². The van der Waals surface area contributed by atoms with Crippen LogP contribution >= 0.6 is 23.2 Å². The second kappa shape index (κ2) is 5.43. The zero-order chi connectivity index (χ0) is 14.1. The number of hydrogen-bond acceptors (Lipinski definition) is 2. The highest BCUT2D eigenvalue weighted by molar-refractivity contribution is 6.30. The fourth-order valence-electron chi connectivity index (χ4n) is 2.25. The van der Waals surface area contributed by atoms with Crippen LogP contribution in [0.3, 0.4) is 0 Å². The van der Waals surface area contributed by atoms with Gasteiger partial charge in [0.2, 0.25) is 0 Å². The summed E-state index contributed by atoms with van der Waals surface area (Å²) in [6, 6.07) is 9.69. The molecule has 3 rings (SSSR count). The molecule has 2 aromatic heterocycles.